The third-order valence-corrected chi connectivity index (χ3v) is 9.02. The van der Waals surface area contributed by atoms with Crippen LogP contribution in [-0.2, 0) is 6.42 Å². The number of nitriles is 1. The minimum atomic E-state index is -0.489. The number of carbonyl (C=O) groups excluding carboxylic acids is 2. The third kappa shape index (κ3) is 4.96. The van der Waals surface area contributed by atoms with Crippen molar-refractivity contribution in [2.24, 2.45) is 0 Å². The number of hydrogen-bond donors (Lipinski definition) is 1. The minimum absolute atomic E-state index is 0.162. The van der Waals surface area contributed by atoms with Crippen molar-refractivity contribution in [2.75, 3.05) is 28.2 Å². The fourth-order valence-corrected chi connectivity index (χ4v) is 6.75. The van der Waals surface area contributed by atoms with Gasteiger partial charge in [0, 0.05) is 29.6 Å². The number of hydrogen-bond acceptors (Lipinski definition) is 6. The molecule has 2 aromatic carbocycles. The first kappa shape index (κ1) is 26.7. The van der Waals surface area contributed by atoms with Crippen LogP contribution in [-0.4, -0.2) is 35.9 Å². The van der Waals surface area contributed by atoms with Crippen LogP contribution in [0, 0.1) is 24.1 Å². The lowest BCUT2D eigenvalue weighted by atomic mass is 10.0. The van der Waals surface area contributed by atoms with Gasteiger partial charge in [0.15, 0.2) is 0 Å². The second kappa shape index (κ2) is 10.8. The van der Waals surface area contributed by atoms with Crippen LogP contribution in [0.2, 0.25) is 0 Å². The highest BCUT2D eigenvalue weighted by Crippen LogP contribution is 2.42. The number of carbonyl (C=O) groups is 2. The molecule has 2 amide bonds. The molecule has 1 fully saturated rings. The lowest BCUT2D eigenvalue weighted by Crippen LogP contribution is -2.34. The number of nitrogens with zero attached hydrogens (tertiary/aromatic N) is 4. The van der Waals surface area contributed by atoms with Gasteiger partial charge in [-0.25, -0.2) is 9.37 Å². The number of aromatic nitrogens is 1. The van der Waals surface area contributed by atoms with E-state index in [2.05, 4.69) is 23.2 Å². The number of aryl methyl sites for hydroxylation is 1. The van der Waals surface area contributed by atoms with Crippen molar-refractivity contribution in [3.8, 4) is 16.5 Å². The van der Waals surface area contributed by atoms with Crippen LogP contribution in [0.4, 0.5) is 21.6 Å². The first-order chi connectivity index (χ1) is 19.8. The number of pyridine rings is 1. The Morgan fingerprint density at radius 1 is 1.12 bits per heavy atom. The van der Waals surface area contributed by atoms with Crippen LogP contribution in [0.1, 0.15) is 56.6 Å². The Labute approximate surface area is 241 Å². The first-order valence-corrected chi connectivity index (χ1v) is 14.4. The monoisotopic (exact) mass is 565 g/mol. The van der Waals surface area contributed by atoms with E-state index in [1.54, 1.807) is 42.2 Å². The molecule has 7 nitrogen and oxygen atoms in total. The van der Waals surface area contributed by atoms with E-state index in [9.17, 15) is 19.2 Å². The maximum absolute atomic E-state index is 14.4. The summed E-state index contributed by atoms with van der Waals surface area (Å²) in [4.78, 5) is 37.1. The zero-order valence-electron chi connectivity index (χ0n) is 22.8. The van der Waals surface area contributed by atoms with Gasteiger partial charge in [0.2, 0.25) is 0 Å². The summed E-state index contributed by atoms with van der Waals surface area (Å²) in [7, 11) is 0. The largest absolute Gasteiger partial charge is 0.354 e. The van der Waals surface area contributed by atoms with Crippen molar-refractivity contribution in [3.63, 3.8) is 0 Å². The molecule has 206 valence electrons. The number of nitrogens with one attached hydrogen (secondary N) is 1. The van der Waals surface area contributed by atoms with E-state index >= 15 is 0 Å². The highest BCUT2D eigenvalue weighted by Gasteiger charge is 2.30. The molecule has 6 rings (SSSR count). The van der Waals surface area contributed by atoms with E-state index in [1.165, 1.54) is 17.4 Å². The van der Waals surface area contributed by atoms with E-state index in [4.69, 9.17) is 4.98 Å². The number of amides is 2. The summed E-state index contributed by atoms with van der Waals surface area (Å²) in [5, 5.41) is 12.4. The fraction of sp³-hybridized carbons (Fsp3) is 0.250. The summed E-state index contributed by atoms with van der Waals surface area (Å²) in [6, 6.07) is 19.8. The summed E-state index contributed by atoms with van der Waals surface area (Å²) in [6.07, 6.45) is 2.70. The van der Waals surface area contributed by atoms with Crippen molar-refractivity contribution in [1.29, 1.82) is 5.26 Å². The van der Waals surface area contributed by atoms with Crippen molar-refractivity contribution in [3.05, 3.63) is 93.7 Å². The zero-order valence-corrected chi connectivity index (χ0v) is 23.6. The molecule has 41 heavy (non-hydrogen) atoms. The molecule has 2 aliphatic heterocycles. The van der Waals surface area contributed by atoms with Gasteiger partial charge in [-0.1, -0.05) is 24.3 Å². The third-order valence-electron chi connectivity index (χ3n) is 7.81. The Kier molecular flexibility index (Phi) is 7.01. The average Bonchev–Trinajstić information content (AvgIpc) is 3.58. The lowest BCUT2D eigenvalue weighted by Gasteiger charge is -2.25. The van der Waals surface area contributed by atoms with E-state index in [-0.39, 0.29) is 11.6 Å². The maximum atomic E-state index is 14.4. The molecule has 9 heteroatoms. The molecule has 0 radical (unpaired) electrons. The number of anilines is 3. The molecular formula is C32H28FN5O2S. The van der Waals surface area contributed by atoms with Gasteiger partial charge in [-0.2, -0.15) is 5.26 Å². The predicted molar refractivity (Wildman–Crippen MR) is 159 cm³/mol. The van der Waals surface area contributed by atoms with Gasteiger partial charge in [0.1, 0.15) is 17.3 Å². The standard InChI is InChI=1S/C32H28FN5O2S/c1-19-6-3-8-24(33)29(19)36-31(39)27-17-22-13-15-38(26-16-21(18-34)11-12-23(26)30(22)41-27)32(40)25-9-4-10-28(35-25)37-14-5-7-20(37)2/h3-4,6,8-12,16-17,20H,5,7,13-15H2,1-2H3,(H,36,39)/t20-/m0/s1. The van der Waals surface area contributed by atoms with Crippen molar-refractivity contribution in [1.82, 2.24) is 4.98 Å². The van der Waals surface area contributed by atoms with Crippen LogP contribution >= 0.6 is 11.3 Å². The average molecular weight is 566 g/mol. The van der Waals surface area contributed by atoms with Gasteiger partial charge in [0.25, 0.3) is 11.8 Å². The molecule has 0 saturated carbocycles. The second-order valence-electron chi connectivity index (χ2n) is 10.5. The Bertz CT molecular complexity index is 1710. The molecule has 2 aliphatic rings. The van der Waals surface area contributed by atoms with E-state index in [0.717, 1.165) is 41.2 Å². The van der Waals surface area contributed by atoms with Gasteiger partial charge in [-0.3, -0.25) is 9.59 Å². The normalized spacial score (nSPS) is 16.0. The minimum Gasteiger partial charge on any atom is -0.354 e. The quantitative estimate of drug-likeness (QED) is 0.302. The molecular weight excluding hydrogens is 537 g/mol. The summed E-state index contributed by atoms with van der Waals surface area (Å²) >= 11 is 1.30. The number of thiophene rings is 1. The lowest BCUT2D eigenvalue weighted by molar-refractivity contribution is 0.0981. The zero-order chi connectivity index (χ0) is 28.7. The van der Waals surface area contributed by atoms with Gasteiger partial charge in [-0.05, 0) is 80.6 Å². The summed E-state index contributed by atoms with van der Waals surface area (Å²) in [5.41, 5.74) is 3.86. The molecule has 0 spiro atoms. The second-order valence-corrected chi connectivity index (χ2v) is 11.5. The van der Waals surface area contributed by atoms with Crippen LogP contribution in [0.25, 0.3) is 10.4 Å². The van der Waals surface area contributed by atoms with Crippen LogP contribution in [0.15, 0.2) is 60.7 Å². The predicted octanol–water partition coefficient (Wildman–Crippen LogP) is 6.57. The van der Waals surface area contributed by atoms with Gasteiger partial charge in [0.05, 0.1) is 27.9 Å². The number of benzene rings is 2. The number of fused-ring (bicyclic) bond motifs is 3. The van der Waals surface area contributed by atoms with Gasteiger partial charge < -0.3 is 15.1 Å². The molecule has 2 aromatic heterocycles. The Balaban J connectivity index is 1.35. The number of rotatable bonds is 4. The molecule has 1 N–H and O–H groups in total. The Morgan fingerprint density at radius 3 is 2.71 bits per heavy atom. The highest BCUT2D eigenvalue weighted by molar-refractivity contribution is 7.17. The molecule has 0 aliphatic carbocycles. The Morgan fingerprint density at radius 2 is 1.95 bits per heavy atom. The van der Waals surface area contributed by atoms with Crippen LogP contribution in [0.5, 0.6) is 0 Å². The number of para-hydroxylation sites is 1. The van der Waals surface area contributed by atoms with E-state index < -0.39 is 11.7 Å². The smallest absolute Gasteiger partial charge is 0.276 e. The molecule has 1 saturated heterocycles. The fourth-order valence-electron chi connectivity index (χ4n) is 5.61. The SMILES string of the molecule is Cc1cccc(F)c1NC(=O)c1cc2c(s1)-c1ccc(C#N)cc1N(C(=O)c1cccc(N3CCC[C@@H]3C)n1)CC2. The molecule has 4 heterocycles. The van der Waals surface area contributed by atoms with Crippen LogP contribution in [0.3, 0.4) is 0 Å². The molecule has 1 atom stereocenters. The van der Waals surface area contributed by atoms with Gasteiger partial charge >= 0.3 is 0 Å². The number of halogens is 1. The Hall–Kier alpha value is -4.55. The van der Waals surface area contributed by atoms with Crippen molar-refractivity contribution < 1.29 is 14.0 Å². The highest BCUT2D eigenvalue weighted by atomic mass is 32.1. The summed E-state index contributed by atoms with van der Waals surface area (Å²) in [5.74, 6) is -0.326. The summed E-state index contributed by atoms with van der Waals surface area (Å²) < 4.78 is 14.4. The first-order valence-electron chi connectivity index (χ1n) is 13.6. The maximum Gasteiger partial charge on any atom is 0.276 e. The summed E-state index contributed by atoms with van der Waals surface area (Å²) in [6.45, 7) is 5.18. The van der Waals surface area contributed by atoms with E-state index in [0.29, 0.717) is 46.4 Å². The van der Waals surface area contributed by atoms with Crippen molar-refractivity contribution >= 4 is 40.3 Å². The topological polar surface area (TPSA) is 89.3 Å². The molecule has 0 bridgehead atoms. The van der Waals surface area contributed by atoms with E-state index in [1.807, 2.05) is 24.3 Å². The molecule has 4 aromatic rings. The van der Waals surface area contributed by atoms with Crippen LogP contribution < -0.4 is 15.1 Å². The van der Waals surface area contributed by atoms with Crippen molar-refractivity contribution in [2.45, 2.75) is 39.2 Å². The van der Waals surface area contributed by atoms with Gasteiger partial charge in [-0.15, -0.1) is 11.3 Å². The molecule has 0 unspecified atom stereocenters.